The van der Waals surface area contributed by atoms with Gasteiger partial charge in [0.2, 0.25) is 11.1 Å². The van der Waals surface area contributed by atoms with Gasteiger partial charge in [0.15, 0.2) is 0 Å². The van der Waals surface area contributed by atoms with Crippen LogP contribution in [0.3, 0.4) is 0 Å². The zero-order valence-electron chi connectivity index (χ0n) is 21.6. The summed E-state index contributed by atoms with van der Waals surface area (Å²) in [7, 11) is 1.61. The molecule has 2 N–H and O–H groups in total. The molecule has 5 rings (SSSR count). The van der Waals surface area contributed by atoms with Crippen molar-refractivity contribution in [3.8, 4) is 5.75 Å². The second-order valence-electron chi connectivity index (χ2n) is 9.16. The van der Waals surface area contributed by atoms with Crippen LogP contribution in [0, 0.1) is 19.7 Å². The van der Waals surface area contributed by atoms with Crippen LogP contribution in [0.2, 0.25) is 0 Å². The Labute approximate surface area is 225 Å². The number of benzene rings is 3. The highest BCUT2D eigenvalue weighted by atomic mass is 32.2. The number of fused-ring (bicyclic) bond motifs is 1. The molecular weight excluding hydrogens is 501 g/mol. The lowest BCUT2D eigenvalue weighted by Crippen LogP contribution is -2.31. The fourth-order valence-corrected chi connectivity index (χ4v) is 5.32. The fourth-order valence-electron chi connectivity index (χ4n) is 4.51. The lowest BCUT2D eigenvalue weighted by molar-refractivity contribution is -0.113. The SMILES string of the molecule is COc1cccc(C2C(C(=O)Nc3ccc(C)cc3C)=C(C)Nc3nc(SCc4ccccc4F)nn32)c1. The van der Waals surface area contributed by atoms with E-state index in [1.807, 2.05) is 63.2 Å². The lowest BCUT2D eigenvalue weighted by atomic mass is 9.94. The maximum atomic E-state index is 14.2. The molecule has 38 heavy (non-hydrogen) atoms. The molecule has 9 heteroatoms. The second kappa shape index (κ2) is 10.7. The number of amides is 1. The van der Waals surface area contributed by atoms with Crippen molar-refractivity contribution in [1.82, 2.24) is 14.8 Å². The third-order valence-corrected chi connectivity index (χ3v) is 7.32. The van der Waals surface area contributed by atoms with Crippen LogP contribution in [0.25, 0.3) is 0 Å². The zero-order valence-corrected chi connectivity index (χ0v) is 22.4. The van der Waals surface area contributed by atoms with E-state index in [1.165, 1.54) is 17.8 Å². The molecule has 1 aromatic heterocycles. The van der Waals surface area contributed by atoms with Crippen molar-refractivity contribution in [1.29, 1.82) is 0 Å². The van der Waals surface area contributed by atoms with Gasteiger partial charge in [-0.2, -0.15) is 4.98 Å². The van der Waals surface area contributed by atoms with Crippen LogP contribution in [0.15, 0.2) is 83.2 Å². The molecule has 4 aromatic rings. The average Bonchev–Trinajstić information content (AvgIpc) is 3.31. The minimum atomic E-state index is -0.553. The van der Waals surface area contributed by atoms with E-state index in [0.717, 1.165) is 22.4 Å². The van der Waals surface area contributed by atoms with Gasteiger partial charge in [-0.1, -0.05) is 59.8 Å². The average molecular weight is 530 g/mol. The largest absolute Gasteiger partial charge is 0.497 e. The Morgan fingerprint density at radius 2 is 1.92 bits per heavy atom. The number of hydrogen-bond acceptors (Lipinski definition) is 6. The number of ether oxygens (including phenoxy) is 1. The summed E-state index contributed by atoms with van der Waals surface area (Å²) >= 11 is 1.34. The predicted octanol–water partition coefficient (Wildman–Crippen LogP) is 6.26. The summed E-state index contributed by atoms with van der Waals surface area (Å²) in [4.78, 5) is 18.4. The van der Waals surface area contributed by atoms with Gasteiger partial charge in [-0.15, -0.1) is 5.10 Å². The third-order valence-electron chi connectivity index (χ3n) is 6.43. The fraction of sp³-hybridized carbons (Fsp3) is 0.207. The summed E-state index contributed by atoms with van der Waals surface area (Å²) < 4.78 is 21.3. The van der Waals surface area contributed by atoms with E-state index in [2.05, 4.69) is 15.6 Å². The van der Waals surface area contributed by atoms with Crippen molar-refractivity contribution in [2.45, 2.75) is 37.7 Å². The van der Waals surface area contributed by atoms with Gasteiger partial charge in [0.25, 0.3) is 5.91 Å². The number of anilines is 2. The summed E-state index contributed by atoms with van der Waals surface area (Å²) in [5, 5.41) is 11.5. The van der Waals surface area contributed by atoms with Crippen molar-refractivity contribution in [2.75, 3.05) is 17.7 Å². The maximum Gasteiger partial charge on any atom is 0.255 e. The molecule has 0 bridgehead atoms. The first-order chi connectivity index (χ1) is 18.3. The number of allylic oxidation sites excluding steroid dienone is 1. The highest BCUT2D eigenvalue weighted by molar-refractivity contribution is 7.98. The van der Waals surface area contributed by atoms with E-state index in [4.69, 9.17) is 9.84 Å². The molecule has 1 aliphatic rings. The van der Waals surface area contributed by atoms with Gasteiger partial charge < -0.3 is 15.4 Å². The number of rotatable bonds is 7. The molecule has 0 saturated carbocycles. The standard InChI is InChI=1S/C29H28FN5O2S/c1-17-12-13-24(18(2)14-17)32-27(36)25-19(3)31-28-33-29(38-16-21-8-5-6-11-23(21)30)34-35(28)26(25)20-9-7-10-22(15-20)37-4/h5-15,26H,16H2,1-4H3,(H,32,36)(H,31,33,34). The Morgan fingerprint density at radius 1 is 1.11 bits per heavy atom. The first-order valence-electron chi connectivity index (χ1n) is 12.2. The zero-order chi connectivity index (χ0) is 26.8. The lowest BCUT2D eigenvalue weighted by Gasteiger charge is -2.29. The number of nitrogens with one attached hydrogen (secondary N) is 2. The molecule has 0 spiro atoms. The summed E-state index contributed by atoms with van der Waals surface area (Å²) in [5.74, 6) is 1.06. The Balaban J connectivity index is 1.51. The van der Waals surface area contributed by atoms with Crippen LogP contribution < -0.4 is 15.4 Å². The summed E-state index contributed by atoms with van der Waals surface area (Å²) in [6.45, 7) is 5.84. The molecule has 1 amide bonds. The Bertz CT molecular complexity index is 1550. The van der Waals surface area contributed by atoms with E-state index >= 15 is 0 Å². The van der Waals surface area contributed by atoms with Crippen LogP contribution in [0.5, 0.6) is 5.75 Å². The van der Waals surface area contributed by atoms with Crippen LogP contribution in [0.1, 0.15) is 35.2 Å². The van der Waals surface area contributed by atoms with Crippen LogP contribution in [-0.4, -0.2) is 27.8 Å². The van der Waals surface area contributed by atoms with Crippen molar-refractivity contribution in [3.05, 3.63) is 106 Å². The smallest absolute Gasteiger partial charge is 0.255 e. The number of carbonyl (C=O) groups excluding carboxylic acids is 1. The quantitative estimate of drug-likeness (QED) is 0.275. The summed E-state index contributed by atoms with van der Waals surface area (Å²) in [6, 6.07) is 19.6. The molecule has 0 saturated heterocycles. The van der Waals surface area contributed by atoms with Gasteiger partial charge in [0, 0.05) is 17.1 Å². The number of nitrogens with zero attached hydrogens (tertiary/aromatic N) is 3. The maximum absolute atomic E-state index is 14.2. The number of thioether (sulfide) groups is 1. The van der Waals surface area contributed by atoms with E-state index in [-0.39, 0.29) is 11.7 Å². The summed E-state index contributed by atoms with van der Waals surface area (Å²) in [6.07, 6.45) is 0. The molecule has 194 valence electrons. The molecule has 0 fully saturated rings. The van der Waals surface area contributed by atoms with Gasteiger partial charge in [-0.05, 0) is 61.7 Å². The van der Waals surface area contributed by atoms with E-state index in [1.54, 1.807) is 30.0 Å². The van der Waals surface area contributed by atoms with Gasteiger partial charge in [-0.3, -0.25) is 4.79 Å². The minimum absolute atomic E-state index is 0.239. The Morgan fingerprint density at radius 3 is 2.68 bits per heavy atom. The molecule has 0 aliphatic carbocycles. The van der Waals surface area contributed by atoms with Crippen molar-refractivity contribution in [2.24, 2.45) is 0 Å². The first kappa shape index (κ1) is 25.5. The van der Waals surface area contributed by atoms with Crippen molar-refractivity contribution in [3.63, 3.8) is 0 Å². The number of hydrogen-bond donors (Lipinski definition) is 2. The third kappa shape index (κ3) is 5.15. The van der Waals surface area contributed by atoms with Crippen LogP contribution in [0.4, 0.5) is 16.0 Å². The predicted molar refractivity (Wildman–Crippen MR) is 148 cm³/mol. The number of aryl methyl sites for hydroxylation is 2. The minimum Gasteiger partial charge on any atom is -0.497 e. The molecule has 0 radical (unpaired) electrons. The van der Waals surface area contributed by atoms with E-state index < -0.39 is 6.04 Å². The van der Waals surface area contributed by atoms with Crippen molar-refractivity contribution >= 4 is 29.3 Å². The Kier molecular flexibility index (Phi) is 7.20. The molecule has 1 aliphatic heterocycles. The topological polar surface area (TPSA) is 81.1 Å². The highest BCUT2D eigenvalue weighted by Crippen LogP contribution is 2.38. The second-order valence-corrected chi connectivity index (χ2v) is 10.1. The normalized spacial score (nSPS) is 14.6. The van der Waals surface area contributed by atoms with Crippen LogP contribution >= 0.6 is 11.8 Å². The highest BCUT2D eigenvalue weighted by Gasteiger charge is 2.34. The molecule has 7 nitrogen and oxygen atoms in total. The van der Waals surface area contributed by atoms with Crippen LogP contribution in [-0.2, 0) is 10.5 Å². The van der Waals surface area contributed by atoms with Gasteiger partial charge in [0.1, 0.15) is 17.6 Å². The number of carbonyl (C=O) groups is 1. The first-order valence-corrected chi connectivity index (χ1v) is 13.2. The van der Waals surface area contributed by atoms with E-state index in [0.29, 0.717) is 39.4 Å². The number of methoxy groups -OCH3 is 1. The number of aromatic nitrogens is 3. The van der Waals surface area contributed by atoms with Gasteiger partial charge in [-0.25, -0.2) is 9.07 Å². The molecule has 1 unspecified atom stereocenters. The number of halogens is 1. The molecule has 1 atom stereocenters. The molecule has 3 aromatic carbocycles. The monoisotopic (exact) mass is 529 g/mol. The Hall–Kier alpha value is -4.11. The van der Waals surface area contributed by atoms with Gasteiger partial charge >= 0.3 is 0 Å². The van der Waals surface area contributed by atoms with Crippen molar-refractivity contribution < 1.29 is 13.9 Å². The van der Waals surface area contributed by atoms with Gasteiger partial charge in [0.05, 0.1) is 12.7 Å². The van der Waals surface area contributed by atoms with E-state index in [9.17, 15) is 9.18 Å². The summed E-state index contributed by atoms with van der Waals surface area (Å²) in [5.41, 5.74) is 5.43. The molecule has 2 heterocycles. The molecular formula is C29H28FN5O2S.